The first kappa shape index (κ1) is 14.5. The van der Waals surface area contributed by atoms with E-state index in [9.17, 15) is 4.79 Å². The predicted octanol–water partition coefficient (Wildman–Crippen LogP) is 1.11. The maximum atomic E-state index is 10.7. The van der Waals surface area contributed by atoms with Gasteiger partial charge in [-0.25, -0.2) is 0 Å². The average molecular weight is 252 g/mol. The fourth-order valence-electron chi connectivity index (χ4n) is 2.07. The van der Waals surface area contributed by atoms with Gasteiger partial charge in [-0.3, -0.25) is 4.79 Å². The third kappa shape index (κ3) is 3.21. The Labute approximate surface area is 107 Å². The molecule has 0 saturated heterocycles. The molecule has 0 bridgehead atoms. The fraction of sp³-hybridized carbons (Fsp3) is 0.462. The minimum absolute atomic E-state index is 0.169. The van der Waals surface area contributed by atoms with Crippen LogP contribution in [0.4, 0.5) is 0 Å². The molecule has 0 amide bonds. The molecule has 0 aliphatic rings. The first-order valence-electron chi connectivity index (χ1n) is 5.75. The fourth-order valence-corrected chi connectivity index (χ4v) is 2.07. The van der Waals surface area contributed by atoms with Gasteiger partial charge >= 0.3 is 5.97 Å². The highest BCUT2D eigenvalue weighted by Gasteiger charge is 2.22. The molecule has 0 heterocycles. The van der Waals surface area contributed by atoms with E-state index in [1.165, 1.54) is 0 Å². The van der Waals surface area contributed by atoms with E-state index in [0.717, 1.165) is 16.7 Å². The van der Waals surface area contributed by atoms with E-state index in [0.29, 0.717) is 5.75 Å². The Balaban J connectivity index is 3.11. The molecule has 0 aromatic heterocycles. The summed E-state index contributed by atoms with van der Waals surface area (Å²) in [4.78, 5) is 10.7. The topological polar surface area (TPSA) is 98.6 Å². The van der Waals surface area contributed by atoms with Crippen LogP contribution in [0.15, 0.2) is 12.1 Å². The normalized spacial score (nSPS) is 14.1. The van der Waals surface area contributed by atoms with Crippen LogP contribution in [0.5, 0.6) is 5.75 Å². The lowest BCUT2D eigenvalue weighted by molar-refractivity contribution is -0.137. The lowest BCUT2D eigenvalue weighted by Gasteiger charge is -2.22. The summed E-state index contributed by atoms with van der Waals surface area (Å²) >= 11 is 0. The van der Waals surface area contributed by atoms with E-state index >= 15 is 0 Å². The molecule has 2 atom stereocenters. The predicted molar refractivity (Wildman–Crippen MR) is 69.6 cm³/mol. The van der Waals surface area contributed by atoms with Crippen LogP contribution < -0.4 is 16.2 Å². The smallest absolute Gasteiger partial charge is 0.304 e. The molecule has 100 valence electrons. The largest absolute Gasteiger partial charge is 0.496 e. The maximum absolute atomic E-state index is 10.7. The maximum Gasteiger partial charge on any atom is 0.304 e. The van der Waals surface area contributed by atoms with Crippen LogP contribution in [0.3, 0.4) is 0 Å². The van der Waals surface area contributed by atoms with Crippen LogP contribution in [0.2, 0.25) is 0 Å². The molecule has 5 heteroatoms. The number of methoxy groups -OCH3 is 1. The molecular weight excluding hydrogens is 232 g/mol. The van der Waals surface area contributed by atoms with Crippen molar-refractivity contribution in [3.8, 4) is 5.75 Å². The standard InChI is InChI=1S/C13H20N2O3/c1-7-4-8(2)13(18-3)9(5-7)12(15)10(14)6-11(16)17/h4-5,10,12H,6,14-15H2,1-3H3,(H,16,17). The summed E-state index contributed by atoms with van der Waals surface area (Å²) < 4.78 is 5.32. The number of rotatable bonds is 5. The molecule has 0 spiro atoms. The Morgan fingerprint density at radius 1 is 1.39 bits per heavy atom. The molecule has 1 aromatic rings. The lowest BCUT2D eigenvalue weighted by Crippen LogP contribution is -2.36. The number of benzene rings is 1. The minimum atomic E-state index is -0.957. The average Bonchev–Trinajstić information content (AvgIpc) is 2.26. The monoisotopic (exact) mass is 252 g/mol. The van der Waals surface area contributed by atoms with Crippen molar-refractivity contribution in [2.45, 2.75) is 32.4 Å². The summed E-state index contributed by atoms with van der Waals surface area (Å²) in [7, 11) is 1.57. The molecule has 18 heavy (non-hydrogen) atoms. The number of ether oxygens (including phenoxy) is 1. The molecule has 0 aliphatic carbocycles. The second-order valence-corrected chi connectivity index (χ2v) is 4.49. The van der Waals surface area contributed by atoms with E-state index < -0.39 is 18.1 Å². The SMILES string of the molecule is COc1c(C)cc(C)cc1C(N)C(N)CC(=O)O. The molecule has 2 unspecified atom stereocenters. The molecule has 5 nitrogen and oxygen atoms in total. The Bertz CT molecular complexity index is 446. The van der Waals surface area contributed by atoms with E-state index in [-0.39, 0.29) is 6.42 Å². The van der Waals surface area contributed by atoms with Gasteiger partial charge in [0.05, 0.1) is 13.5 Å². The second-order valence-electron chi connectivity index (χ2n) is 4.49. The second kappa shape index (κ2) is 5.84. The molecule has 0 fully saturated rings. The molecule has 0 saturated carbocycles. The Kier molecular flexibility index (Phi) is 4.69. The summed E-state index contributed by atoms with van der Waals surface area (Å²) in [6.07, 6.45) is -0.169. The van der Waals surface area contributed by atoms with Gasteiger partial charge in [-0.05, 0) is 19.4 Å². The summed E-state index contributed by atoms with van der Waals surface area (Å²) in [6.45, 7) is 3.87. The van der Waals surface area contributed by atoms with Gasteiger partial charge in [-0.1, -0.05) is 17.7 Å². The zero-order chi connectivity index (χ0) is 13.9. The highest BCUT2D eigenvalue weighted by atomic mass is 16.5. The number of hydrogen-bond acceptors (Lipinski definition) is 4. The molecule has 5 N–H and O–H groups in total. The van der Waals surface area contributed by atoms with Crippen molar-refractivity contribution in [3.05, 3.63) is 28.8 Å². The van der Waals surface area contributed by atoms with Gasteiger partial charge in [0.2, 0.25) is 0 Å². The lowest BCUT2D eigenvalue weighted by atomic mass is 9.94. The van der Waals surface area contributed by atoms with Crippen LogP contribution in [0, 0.1) is 13.8 Å². The summed E-state index contributed by atoms with van der Waals surface area (Å²) in [5.41, 5.74) is 14.6. The van der Waals surface area contributed by atoms with Crippen LogP contribution in [-0.4, -0.2) is 24.2 Å². The van der Waals surface area contributed by atoms with Crippen LogP contribution in [0.25, 0.3) is 0 Å². The van der Waals surface area contributed by atoms with Gasteiger partial charge in [0.15, 0.2) is 0 Å². The number of carbonyl (C=O) groups is 1. The summed E-state index contributed by atoms with van der Waals surface area (Å²) in [5, 5.41) is 8.75. The number of carboxylic acids is 1. The van der Waals surface area contributed by atoms with Gasteiger partial charge in [0.1, 0.15) is 5.75 Å². The van der Waals surface area contributed by atoms with Crippen molar-refractivity contribution in [2.75, 3.05) is 7.11 Å². The third-order valence-electron chi connectivity index (χ3n) is 2.88. The molecule has 0 aliphatic heterocycles. The van der Waals surface area contributed by atoms with Crippen molar-refractivity contribution in [1.29, 1.82) is 0 Å². The van der Waals surface area contributed by atoms with Crippen LogP contribution in [-0.2, 0) is 4.79 Å². The van der Waals surface area contributed by atoms with E-state index in [1.807, 2.05) is 26.0 Å². The van der Waals surface area contributed by atoms with Gasteiger partial charge in [-0.15, -0.1) is 0 Å². The van der Waals surface area contributed by atoms with Crippen molar-refractivity contribution in [1.82, 2.24) is 0 Å². The highest BCUT2D eigenvalue weighted by molar-refractivity contribution is 5.67. The number of hydrogen-bond donors (Lipinski definition) is 3. The first-order chi connectivity index (χ1) is 8.36. The van der Waals surface area contributed by atoms with E-state index in [4.69, 9.17) is 21.3 Å². The van der Waals surface area contributed by atoms with Gasteiger partial charge in [0, 0.05) is 17.6 Å². The van der Waals surface area contributed by atoms with E-state index in [1.54, 1.807) is 7.11 Å². The number of carboxylic acid groups (broad SMARTS) is 1. The minimum Gasteiger partial charge on any atom is -0.496 e. The van der Waals surface area contributed by atoms with Crippen molar-refractivity contribution in [3.63, 3.8) is 0 Å². The molecular formula is C13H20N2O3. The zero-order valence-corrected chi connectivity index (χ0v) is 10.9. The van der Waals surface area contributed by atoms with E-state index in [2.05, 4.69) is 0 Å². The zero-order valence-electron chi connectivity index (χ0n) is 10.9. The van der Waals surface area contributed by atoms with Crippen molar-refractivity contribution >= 4 is 5.97 Å². The Morgan fingerprint density at radius 3 is 2.50 bits per heavy atom. The molecule has 1 rings (SSSR count). The molecule has 0 radical (unpaired) electrons. The number of aryl methyl sites for hydroxylation is 2. The van der Waals surface area contributed by atoms with Gasteiger partial charge in [-0.2, -0.15) is 0 Å². The number of aliphatic carboxylic acids is 1. The Morgan fingerprint density at radius 2 is 2.00 bits per heavy atom. The number of nitrogens with two attached hydrogens (primary N) is 2. The van der Waals surface area contributed by atoms with Crippen molar-refractivity contribution < 1.29 is 14.6 Å². The summed E-state index contributed by atoms with van der Waals surface area (Å²) in [6, 6.07) is 2.67. The summed E-state index contributed by atoms with van der Waals surface area (Å²) in [5.74, 6) is -0.282. The first-order valence-corrected chi connectivity index (χ1v) is 5.75. The Hall–Kier alpha value is -1.59. The van der Waals surface area contributed by atoms with Gasteiger partial charge < -0.3 is 21.3 Å². The van der Waals surface area contributed by atoms with Gasteiger partial charge in [0.25, 0.3) is 0 Å². The third-order valence-corrected chi connectivity index (χ3v) is 2.88. The highest BCUT2D eigenvalue weighted by Crippen LogP contribution is 2.30. The van der Waals surface area contributed by atoms with Crippen molar-refractivity contribution in [2.24, 2.45) is 11.5 Å². The van der Waals surface area contributed by atoms with Crippen LogP contribution in [0.1, 0.15) is 29.2 Å². The quantitative estimate of drug-likeness (QED) is 0.729. The molecule has 1 aromatic carbocycles. The van der Waals surface area contributed by atoms with Crippen LogP contribution >= 0.6 is 0 Å².